The summed E-state index contributed by atoms with van der Waals surface area (Å²) in [5, 5.41) is 1.04. The maximum atomic E-state index is 12.8. The first-order valence-electron chi connectivity index (χ1n) is 9.07. The summed E-state index contributed by atoms with van der Waals surface area (Å²) in [5.41, 5.74) is 7.93. The number of aromatic nitrogens is 2. The standard InChI is InChI=1S/C21H22N4O2/c1-27-19-11-15(6-7-17(19)22)21(26)25-9-8-14(13-25)10-20-23-12-16-4-2-3-5-18(16)24-20/h2-7,11-12,14H,8-10,13,22H2,1H3/t14-/m0/s1. The second kappa shape index (κ2) is 7.23. The Hall–Kier alpha value is -3.15. The third-order valence-electron chi connectivity index (χ3n) is 5.06. The van der Waals surface area contributed by atoms with Crippen molar-refractivity contribution in [2.45, 2.75) is 12.8 Å². The summed E-state index contributed by atoms with van der Waals surface area (Å²) in [6.45, 7) is 1.45. The average Bonchev–Trinajstić information content (AvgIpc) is 3.16. The lowest BCUT2D eigenvalue weighted by molar-refractivity contribution is 0.0786. The number of carbonyl (C=O) groups excluding carboxylic acids is 1. The number of hydrogen-bond donors (Lipinski definition) is 1. The van der Waals surface area contributed by atoms with Gasteiger partial charge in [-0.1, -0.05) is 18.2 Å². The molecule has 0 radical (unpaired) electrons. The number of anilines is 1. The molecule has 2 heterocycles. The predicted octanol–water partition coefficient (Wildman–Crippen LogP) is 2.93. The molecule has 1 atom stereocenters. The van der Waals surface area contributed by atoms with Crippen molar-refractivity contribution < 1.29 is 9.53 Å². The lowest BCUT2D eigenvalue weighted by Gasteiger charge is -2.17. The Labute approximate surface area is 158 Å². The molecule has 6 heteroatoms. The number of benzene rings is 2. The van der Waals surface area contributed by atoms with Gasteiger partial charge in [-0.3, -0.25) is 4.79 Å². The number of likely N-dealkylation sites (tertiary alicyclic amines) is 1. The van der Waals surface area contributed by atoms with E-state index in [-0.39, 0.29) is 5.91 Å². The van der Waals surface area contributed by atoms with E-state index in [1.54, 1.807) is 25.3 Å². The lowest BCUT2D eigenvalue weighted by atomic mass is 10.0. The average molecular weight is 362 g/mol. The van der Waals surface area contributed by atoms with Crippen LogP contribution in [0.4, 0.5) is 5.69 Å². The number of carbonyl (C=O) groups is 1. The summed E-state index contributed by atoms with van der Waals surface area (Å²) >= 11 is 0. The van der Waals surface area contributed by atoms with Crippen LogP contribution in [0.1, 0.15) is 22.6 Å². The highest BCUT2D eigenvalue weighted by molar-refractivity contribution is 5.95. The third-order valence-corrected chi connectivity index (χ3v) is 5.06. The smallest absolute Gasteiger partial charge is 0.254 e. The Morgan fingerprint density at radius 2 is 2.15 bits per heavy atom. The molecule has 1 fully saturated rings. The Morgan fingerprint density at radius 3 is 3.00 bits per heavy atom. The van der Waals surface area contributed by atoms with Gasteiger partial charge < -0.3 is 15.4 Å². The molecule has 0 spiro atoms. The maximum absolute atomic E-state index is 12.8. The molecule has 138 valence electrons. The van der Waals surface area contributed by atoms with Crippen LogP contribution < -0.4 is 10.5 Å². The molecule has 6 nitrogen and oxygen atoms in total. The monoisotopic (exact) mass is 362 g/mol. The molecule has 27 heavy (non-hydrogen) atoms. The van der Waals surface area contributed by atoms with Gasteiger partial charge in [0.25, 0.3) is 5.91 Å². The van der Waals surface area contributed by atoms with E-state index < -0.39 is 0 Å². The molecule has 2 N–H and O–H groups in total. The first kappa shape index (κ1) is 17.3. The number of amides is 1. The van der Waals surface area contributed by atoms with E-state index in [2.05, 4.69) is 9.97 Å². The highest BCUT2D eigenvalue weighted by atomic mass is 16.5. The lowest BCUT2D eigenvalue weighted by Crippen LogP contribution is -2.29. The van der Waals surface area contributed by atoms with Gasteiger partial charge in [-0.05, 0) is 36.6 Å². The fourth-order valence-corrected chi connectivity index (χ4v) is 3.58. The Kier molecular flexibility index (Phi) is 4.62. The summed E-state index contributed by atoms with van der Waals surface area (Å²) in [6, 6.07) is 13.1. The largest absolute Gasteiger partial charge is 0.495 e. The number of hydrogen-bond acceptors (Lipinski definition) is 5. The van der Waals surface area contributed by atoms with E-state index in [9.17, 15) is 4.79 Å². The van der Waals surface area contributed by atoms with E-state index in [1.807, 2.05) is 35.4 Å². The zero-order chi connectivity index (χ0) is 18.8. The van der Waals surface area contributed by atoms with Crippen molar-refractivity contribution in [1.82, 2.24) is 14.9 Å². The fourth-order valence-electron chi connectivity index (χ4n) is 3.58. The molecule has 0 saturated carbocycles. The fraction of sp³-hybridized carbons (Fsp3) is 0.286. The van der Waals surface area contributed by atoms with Crippen molar-refractivity contribution in [3.8, 4) is 5.75 Å². The molecule has 4 rings (SSSR count). The number of ether oxygens (including phenoxy) is 1. The normalized spacial score (nSPS) is 16.6. The molecule has 3 aromatic rings. The molecule has 0 unspecified atom stereocenters. The predicted molar refractivity (Wildman–Crippen MR) is 105 cm³/mol. The van der Waals surface area contributed by atoms with Crippen molar-refractivity contribution >= 4 is 22.5 Å². The van der Waals surface area contributed by atoms with Crippen LogP contribution in [0.25, 0.3) is 10.9 Å². The van der Waals surface area contributed by atoms with Crippen LogP contribution in [-0.4, -0.2) is 41.0 Å². The number of rotatable bonds is 4. The third kappa shape index (κ3) is 3.56. The van der Waals surface area contributed by atoms with Gasteiger partial charge in [-0.2, -0.15) is 0 Å². The van der Waals surface area contributed by atoms with Gasteiger partial charge in [0.15, 0.2) is 0 Å². The van der Waals surface area contributed by atoms with E-state index in [1.165, 1.54) is 0 Å². The van der Waals surface area contributed by atoms with Crippen molar-refractivity contribution in [2.75, 3.05) is 25.9 Å². The van der Waals surface area contributed by atoms with Gasteiger partial charge in [0.1, 0.15) is 11.6 Å². The molecular weight excluding hydrogens is 340 g/mol. The molecule has 0 bridgehead atoms. The number of nitrogen functional groups attached to an aromatic ring is 1. The summed E-state index contributed by atoms with van der Waals surface area (Å²) < 4.78 is 5.22. The Balaban J connectivity index is 1.44. The summed E-state index contributed by atoms with van der Waals surface area (Å²) in [6.07, 6.45) is 3.60. The summed E-state index contributed by atoms with van der Waals surface area (Å²) in [5.74, 6) is 1.74. The zero-order valence-electron chi connectivity index (χ0n) is 15.3. The molecule has 1 amide bonds. The van der Waals surface area contributed by atoms with Crippen LogP contribution in [-0.2, 0) is 6.42 Å². The van der Waals surface area contributed by atoms with Gasteiger partial charge in [-0.15, -0.1) is 0 Å². The van der Waals surface area contributed by atoms with Crippen LogP contribution in [0.3, 0.4) is 0 Å². The molecule has 2 aromatic carbocycles. The topological polar surface area (TPSA) is 81.3 Å². The van der Waals surface area contributed by atoms with Crippen LogP contribution >= 0.6 is 0 Å². The van der Waals surface area contributed by atoms with Gasteiger partial charge in [0.05, 0.1) is 18.3 Å². The minimum absolute atomic E-state index is 0.00947. The van der Waals surface area contributed by atoms with Gasteiger partial charge >= 0.3 is 0 Å². The number of para-hydroxylation sites is 1. The molecule has 1 saturated heterocycles. The van der Waals surface area contributed by atoms with Crippen molar-refractivity contribution in [1.29, 1.82) is 0 Å². The Morgan fingerprint density at radius 1 is 1.30 bits per heavy atom. The Bertz CT molecular complexity index is 989. The van der Waals surface area contributed by atoms with Crippen LogP contribution in [0.2, 0.25) is 0 Å². The second-order valence-electron chi connectivity index (χ2n) is 6.91. The molecule has 1 aliphatic heterocycles. The van der Waals surface area contributed by atoms with Crippen LogP contribution in [0, 0.1) is 5.92 Å². The van der Waals surface area contributed by atoms with E-state index in [0.29, 0.717) is 29.5 Å². The quantitative estimate of drug-likeness (QED) is 0.722. The van der Waals surface area contributed by atoms with Crippen LogP contribution in [0.15, 0.2) is 48.7 Å². The molecule has 0 aliphatic carbocycles. The van der Waals surface area contributed by atoms with Crippen molar-refractivity contribution in [3.63, 3.8) is 0 Å². The zero-order valence-corrected chi connectivity index (χ0v) is 15.3. The number of nitrogens with two attached hydrogens (primary N) is 1. The maximum Gasteiger partial charge on any atom is 0.254 e. The van der Waals surface area contributed by atoms with Crippen LogP contribution in [0.5, 0.6) is 5.75 Å². The number of nitrogens with zero attached hydrogens (tertiary/aromatic N) is 3. The summed E-state index contributed by atoms with van der Waals surface area (Å²) in [4.78, 5) is 23.8. The van der Waals surface area contributed by atoms with Crippen molar-refractivity contribution in [2.24, 2.45) is 5.92 Å². The number of methoxy groups -OCH3 is 1. The van der Waals surface area contributed by atoms with E-state index in [4.69, 9.17) is 10.5 Å². The second-order valence-corrected chi connectivity index (χ2v) is 6.91. The first-order valence-corrected chi connectivity index (χ1v) is 9.07. The van der Waals surface area contributed by atoms with Crippen molar-refractivity contribution in [3.05, 3.63) is 60.0 Å². The number of fused-ring (bicyclic) bond motifs is 1. The highest BCUT2D eigenvalue weighted by Gasteiger charge is 2.28. The molecule has 1 aromatic heterocycles. The summed E-state index contributed by atoms with van der Waals surface area (Å²) in [7, 11) is 1.55. The first-order chi connectivity index (χ1) is 13.1. The minimum Gasteiger partial charge on any atom is -0.495 e. The van der Waals surface area contributed by atoms with E-state index in [0.717, 1.165) is 36.1 Å². The highest BCUT2D eigenvalue weighted by Crippen LogP contribution is 2.26. The van der Waals surface area contributed by atoms with Gasteiger partial charge in [0.2, 0.25) is 0 Å². The van der Waals surface area contributed by atoms with E-state index >= 15 is 0 Å². The molecule has 1 aliphatic rings. The SMILES string of the molecule is COc1cc(C(=O)N2CC[C@@H](Cc3ncc4ccccc4n3)C2)ccc1N. The van der Waals surface area contributed by atoms with Gasteiger partial charge in [-0.25, -0.2) is 9.97 Å². The van der Waals surface area contributed by atoms with Gasteiger partial charge in [0, 0.05) is 36.7 Å². The minimum atomic E-state index is 0.00947. The molecular formula is C21H22N4O2.